The minimum absolute atomic E-state index is 0.323. The first-order chi connectivity index (χ1) is 15.8. The predicted molar refractivity (Wildman–Crippen MR) is 126 cm³/mol. The summed E-state index contributed by atoms with van der Waals surface area (Å²) < 4.78 is 16.9. The number of aromatic nitrogens is 4. The minimum Gasteiger partial charge on any atom is -0.497 e. The normalized spacial score (nSPS) is 11.9. The average molecular weight is 448 g/mol. The molecule has 0 atom stereocenters. The zero-order valence-corrected chi connectivity index (χ0v) is 19.9. The number of hydrogen-bond donors (Lipinski definition) is 0. The van der Waals surface area contributed by atoms with Crippen molar-refractivity contribution in [3.05, 3.63) is 70.6 Å². The third-order valence-corrected chi connectivity index (χ3v) is 5.67. The smallest absolute Gasteiger partial charge is 0.298 e. The standard InChI is InChI=1S/C25H29N5O3/c1-7-30-21(14-17(3)27-30)24(31)26-25-28(4)20-12-16(2)13-22(23(20)29(25)5)33-15-18-8-10-19(32-6)11-9-18/h8-14H,7,15H2,1-6H3. The zero-order chi connectivity index (χ0) is 23.7. The number of aryl methyl sites for hydroxylation is 5. The van der Waals surface area contributed by atoms with Crippen LogP contribution in [0.15, 0.2) is 47.5 Å². The number of carbonyl (C=O) groups excluding carboxylic acids is 1. The molecule has 0 bridgehead atoms. The number of amides is 1. The van der Waals surface area contributed by atoms with Gasteiger partial charge in [-0.05, 0) is 62.2 Å². The summed E-state index contributed by atoms with van der Waals surface area (Å²) in [6.45, 7) is 6.87. The molecule has 2 aromatic heterocycles. The molecule has 0 spiro atoms. The Bertz CT molecular complexity index is 1390. The van der Waals surface area contributed by atoms with Gasteiger partial charge in [0.1, 0.15) is 29.3 Å². The van der Waals surface area contributed by atoms with E-state index in [-0.39, 0.29) is 5.91 Å². The Balaban J connectivity index is 1.75. The molecular formula is C25H29N5O3. The Hall–Kier alpha value is -3.81. The van der Waals surface area contributed by atoms with Crippen molar-refractivity contribution in [2.75, 3.05) is 7.11 Å². The van der Waals surface area contributed by atoms with Crippen molar-refractivity contribution < 1.29 is 14.3 Å². The van der Waals surface area contributed by atoms with E-state index in [0.717, 1.165) is 39.4 Å². The van der Waals surface area contributed by atoms with Crippen molar-refractivity contribution in [2.45, 2.75) is 33.9 Å². The molecule has 4 aromatic rings. The van der Waals surface area contributed by atoms with Gasteiger partial charge in [0.05, 0.1) is 18.3 Å². The van der Waals surface area contributed by atoms with Gasteiger partial charge in [-0.1, -0.05) is 12.1 Å². The highest BCUT2D eigenvalue weighted by Crippen LogP contribution is 2.27. The molecule has 8 heteroatoms. The Labute approximate surface area is 192 Å². The molecule has 172 valence electrons. The lowest BCUT2D eigenvalue weighted by Crippen LogP contribution is -2.24. The summed E-state index contributed by atoms with van der Waals surface area (Å²) in [6.07, 6.45) is 0. The molecule has 33 heavy (non-hydrogen) atoms. The van der Waals surface area contributed by atoms with E-state index in [1.165, 1.54) is 0 Å². The van der Waals surface area contributed by atoms with Gasteiger partial charge in [0, 0.05) is 20.6 Å². The third kappa shape index (κ3) is 4.28. The van der Waals surface area contributed by atoms with Crippen molar-refractivity contribution in [2.24, 2.45) is 19.1 Å². The lowest BCUT2D eigenvalue weighted by Gasteiger charge is -2.10. The summed E-state index contributed by atoms with van der Waals surface area (Å²) in [7, 11) is 5.45. The lowest BCUT2D eigenvalue weighted by atomic mass is 10.2. The second kappa shape index (κ2) is 8.97. The number of methoxy groups -OCH3 is 1. The molecule has 0 saturated heterocycles. The van der Waals surface area contributed by atoms with E-state index < -0.39 is 0 Å². The first-order valence-corrected chi connectivity index (χ1v) is 10.9. The molecule has 0 aliphatic rings. The lowest BCUT2D eigenvalue weighted by molar-refractivity contribution is 0.0986. The number of imidazole rings is 1. The van der Waals surface area contributed by atoms with Crippen LogP contribution in [0.4, 0.5) is 0 Å². The molecule has 0 N–H and O–H groups in total. The Morgan fingerprint density at radius 3 is 2.45 bits per heavy atom. The largest absolute Gasteiger partial charge is 0.497 e. The van der Waals surface area contributed by atoms with Gasteiger partial charge in [-0.15, -0.1) is 0 Å². The van der Waals surface area contributed by atoms with E-state index in [2.05, 4.69) is 16.2 Å². The van der Waals surface area contributed by atoms with E-state index >= 15 is 0 Å². The summed E-state index contributed by atoms with van der Waals surface area (Å²) in [6, 6.07) is 13.6. The van der Waals surface area contributed by atoms with Crippen LogP contribution in [-0.4, -0.2) is 31.9 Å². The van der Waals surface area contributed by atoms with Crippen molar-refractivity contribution >= 4 is 16.9 Å². The molecule has 0 unspecified atom stereocenters. The fraction of sp³-hybridized carbons (Fsp3) is 0.320. The first kappa shape index (κ1) is 22.4. The molecule has 4 rings (SSSR count). The van der Waals surface area contributed by atoms with Gasteiger partial charge in [-0.2, -0.15) is 10.1 Å². The maximum atomic E-state index is 13.0. The number of benzene rings is 2. The van der Waals surface area contributed by atoms with Gasteiger partial charge in [0.15, 0.2) is 0 Å². The van der Waals surface area contributed by atoms with Crippen LogP contribution < -0.4 is 15.1 Å². The SMILES string of the molecule is CCn1nc(C)cc1C(=O)N=c1n(C)c2cc(C)cc(OCc3ccc(OC)cc3)c2n1C. The molecule has 0 aliphatic carbocycles. The summed E-state index contributed by atoms with van der Waals surface area (Å²) in [4.78, 5) is 17.5. The van der Waals surface area contributed by atoms with Gasteiger partial charge in [-0.3, -0.25) is 9.48 Å². The summed E-state index contributed by atoms with van der Waals surface area (Å²) >= 11 is 0. The van der Waals surface area contributed by atoms with Gasteiger partial charge >= 0.3 is 0 Å². The van der Waals surface area contributed by atoms with Gasteiger partial charge < -0.3 is 18.6 Å². The molecule has 2 aromatic carbocycles. The van der Waals surface area contributed by atoms with E-state index in [0.29, 0.717) is 24.5 Å². The molecule has 0 radical (unpaired) electrons. The topological polar surface area (TPSA) is 75.6 Å². The van der Waals surface area contributed by atoms with E-state index in [1.54, 1.807) is 17.9 Å². The van der Waals surface area contributed by atoms with Crippen LogP contribution in [0.1, 0.15) is 34.2 Å². The van der Waals surface area contributed by atoms with Crippen LogP contribution in [0.2, 0.25) is 0 Å². The maximum absolute atomic E-state index is 13.0. The van der Waals surface area contributed by atoms with Crippen molar-refractivity contribution in [3.63, 3.8) is 0 Å². The number of fused-ring (bicyclic) bond motifs is 1. The molecule has 8 nitrogen and oxygen atoms in total. The van der Waals surface area contributed by atoms with Crippen LogP contribution in [-0.2, 0) is 27.2 Å². The molecule has 0 aliphatic heterocycles. The van der Waals surface area contributed by atoms with Crippen LogP contribution >= 0.6 is 0 Å². The molecular weight excluding hydrogens is 418 g/mol. The fourth-order valence-electron chi connectivity index (χ4n) is 4.00. The van der Waals surface area contributed by atoms with Crippen LogP contribution in [0.3, 0.4) is 0 Å². The van der Waals surface area contributed by atoms with E-state index in [4.69, 9.17) is 9.47 Å². The van der Waals surface area contributed by atoms with Crippen molar-refractivity contribution in [1.82, 2.24) is 18.9 Å². The monoisotopic (exact) mass is 447 g/mol. The van der Waals surface area contributed by atoms with Crippen LogP contribution in [0, 0.1) is 13.8 Å². The summed E-state index contributed by atoms with van der Waals surface area (Å²) in [5.74, 6) is 1.22. The highest BCUT2D eigenvalue weighted by atomic mass is 16.5. The number of hydrogen-bond acceptors (Lipinski definition) is 4. The first-order valence-electron chi connectivity index (χ1n) is 10.9. The van der Waals surface area contributed by atoms with Gasteiger partial charge in [0.25, 0.3) is 5.91 Å². The zero-order valence-electron chi connectivity index (χ0n) is 19.9. The van der Waals surface area contributed by atoms with Gasteiger partial charge in [0.2, 0.25) is 5.62 Å². The second-order valence-corrected chi connectivity index (χ2v) is 8.09. The summed E-state index contributed by atoms with van der Waals surface area (Å²) in [5.41, 5.74) is 5.72. The highest BCUT2D eigenvalue weighted by Gasteiger charge is 2.17. The van der Waals surface area contributed by atoms with Crippen LogP contribution in [0.25, 0.3) is 11.0 Å². The van der Waals surface area contributed by atoms with Gasteiger partial charge in [-0.25, -0.2) is 0 Å². The highest BCUT2D eigenvalue weighted by molar-refractivity contribution is 5.93. The Kier molecular flexibility index (Phi) is 6.09. The fourth-order valence-corrected chi connectivity index (χ4v) is 4.00. The quantitative estimate of drug-likeness (QED) is 0.452. The molecule has 1 amide bonds. The molecule has 0 fully saturated rings. The van der Waals surface area contributed by atoms with Crippen molar-refractivity contribution in [3.8, 4) is 11.5 Å². The van der Waals surface area contributed by atoms with E-state index in [1.807, 2.05) is 74.3 Å². The average Bonchev–Trinajstić information content (AvgIpc) is 3.30. The molecule has 2 heterocycles. The second-order valence-electron chi connectivity index (χ2n) is 8.09. The number of carbonyl (C=O) groups is 1. The minimum atomic E-state index is -0.323. The van der Waals surface area contributed by atoms with Crippen molar-refractivity contribution in [1.29, 1.82) is 0 Å². The predicted octanol–water partition coefficient (Wildman–Crippen LogP) is 3.68. The number of rotatable bonds is 6. The van der Waals surface area contributed by atoms with E-state index in [9.17, 15) is 4.79 Å². The maximum Gasteiger partial charge on any atom is 0.298 e. The Morgan fingerprint density at radius 1 is 1.06 bits per heavy atom. The van der Waals surface area contributed by atoms with Crippen LogP contribution in [0.5, 0.6) is 11.5 Å². The number of ether oxygens (including phenoxy) is 2. The third-order valence-electron chi connectivity index (χ3n) is 5.67. The number of nitrogens with zero attached hydrogens (tertiary/aromatic N) is 5. The molecule has 0 saturated carbocycles. The summed E-state index contributed by atoms with van der Waals surface area (Å²) in [5, 5.41) is 4.36. The Morgan fingerprint density at radius 2 is 1.79 bits per heavy atom.